The summed E-state index contributed by atoms with van der Waals surface area (Å²) in [7, 11) is 0. The third-order valence-electron chi connectivity index (χ3n) is 3.41. The highest BCUT2D eigenvalue weighted by Gasteiger charge is 2.20. The first-order valence-electron chi connectivity index (χ1n) is 7.30. The Bertz CT molecular complexity index is 605. The molecule has 0 heterocycles. The normalized spacial score (nSPS) is 11.9. The van der Waals surface area contributed by atoms with Crippen molar-refractivity contribution in [3.8, 4) is 5.75 Å². The number of hydrogen-bond acceptors (Lipinski definition) is 2. The molecule has 0 fully saturated rings. The highest BCUT2D eigenvalue weighted by Crippen LogP contribution is 2.23. The minimum Gasteiger partial charge on any atom is -0.494 e. The van der Waals surface area contributed by atoms with Gasteiger partial charge in [-0.15, -0.1) is 0 Å². The van der Waals surface area contributed by atoms with Gasteiger partial charge in [-0.1, -0.05) is 31.2 Å². The van der Waals surface area contributed by atoms with Crippen LogP contribution in [0.3, 0.4) is 0 Å². The zero-order valence-electron chi connectivity index (χ0n) is 12.5. The number of carbonyl (C=O) groups is 1. The third kappa shape index (κ3) is 4.32. The van der Waals surface area contributed by atoms with E-state index in [0.29, 0.717) is 18.6 Å². The quantitative estimate of drug-likeness (QED) is 0.840. The Hall–Kier alpha value is -2.36. The van der Waals surface area contributed by atoms with Gasteiger partial charge in [-0.25, -0.2) is 4.39 Å². The van der Waals surface area contributed by atoms with E-state index >= 15 is 0 Å². The van der Waals surface area contributed by atoms with Crippen molar-refractivity contribution in [2.45, 2.75) is 25.7 Å². The number of rotatable bonds is 7. The molecule has 0 bridgehead atoms. The van der Waals surface area contributed by atoms with Crippen molar-refractivity contribution in [2.24, 2.45) is 0 Å². The maximum atomic E-state index is 13.0. The van der Waals surface area contributed by atoms with E-state index < -0.39 is 11.9 Å². The van der Waals surface area contributed by atoms with Gasteiger partial charge in [0.2, 0.25) is 0 Å². The molecule has 2 aromatic rings. The van der Waals surface area contributed by atoms with Gasteiger partial charge >= 0.3 is 5.97 Å². The van der Waals surface area contributed by atoms with Crippen LogP contribution in [-0.4, -0.2) is 17.7 Å². The van der Waals surface area contributed by atoms with E-state index in [-0.39, 0.29) is 5.82 Å². The van der Waals surface area contributed by atoms with E-state index in [2.05, 4.69) is 0 Å². The van der Waals surface area contributed by atoms with Gasteiger partial charge in [0.25, 0.3) is 0 Å². The van der Waals surface area contributed by atoms with Gasteiger partial charge in [-0.3, -0.25) is 4.79 Å². The largest absolute Gasteiger partial charge is 0.494 e. The summed E-state index contributed by atoms with van der Waals surface area (Å²) in [6.45, 7) is 2.70. The Morgan fingerprint density at radius 1 is 1.14 bits per heavy atom. The predicted octanol–water partition coefficient (Wildman–Crippen LogP) is 4.03. The van der Waals surface area contributed by atoms with E-state index in [4.69, 9.17) is 4.74 Å². The van der Waals surface area contributed by atoms with Crippen molar-refractivity contribution >= 4 is 5.97 Å². The third-order valence-corrected chi connectivity index (χ3v) is 3.41. The smallest absolute Gasteiger partial charge is 0.311 e. The Labute approximate surface area is 129 Å². The van der Waals surface area contributed by atoms with Crippen LogP contribution in [-0.2, 0) is 11.2 Å². The maximum absolute atomic E-state index is 13.0. The zero-order chi connectivity index (χ0) is 15.9. The van der Waals surface area contributed by atoms with E-state index in [1.807, 2.05) is 31.2 Å². The molecular weight excluding hydrogens is 283 g/mol. The summed E-state index contributed by atoms with van der Waals surface area (Å²) in [4.78, 5) is 11.5. The van der Waals surface area contributed by atoms with E-state index in [0.717, 1.165) is 17.7 Å². The summed E-state index contributed by atoms with van der Waals surface area (Å²) >= 11 is 0. The highest BCUT2D eigenvalue weighted by atomic mass is 19.1. The number of aliphatic carboxylic acids is 1. The second kappa shape index (κ2) is 7.59. The van der Waals surface area contributed by atoms with E-state index in [9.17, 15) is 14.3 Å². The van der Waals surface area contributed by atoms with Gasteiger partial charge in [-0.2, -0.15) is 0 Å². The first-order chi connectivity index (χ1) is 10.6. The van der Waals surface area contributed by atoms with Crippen LogP contribution >= 0.6 is 0 Å². The zero-order valence-corrected chi connectivity index (χ0v) is 12.5. The minimum absolute atomic E-state index is 0.356. The predicted molar refractivity (Wildman–Crippen MR) is 82.7 cm³/mol. The van der Waals surface area contributed by atoms with Crippen LogP contribution in [0.15, 0.2) is 48.5 Å². The molecule has 0 spiro atoms. The topological polar surface area (TPSA) is 46.5 Å². The van der Waals surface area contributed by atoms with Gasteiger partial charge in [0.15, 0.2) is 0 Å². The van der Waals surface area contributed by atoms with Gasteiger partial charge in [-0.05, 0) is 48.2 Å². The summed E-state index contributed by atoms with van der Waals surface area (Å²) in [5.41, 5.74) is 1.50. The van der Waals surface area contributed by atoms with Crippen molar-refractivity contribution in [1.82, 2.24) is 0 Å². The number of benzene rings is 2. The second-order valence-electron chi connectivity index (χ2n) is 5.14. The maximum Gasteiger partial charge on any atom is 0.311 e. The van der Waals surface area contributed by atoms with Crippen molar-refractivity contribution in [3.63, 3.8) is 0 Å². The van der Waals surface area contributed by atoms with Crippen molar-refractivity contribution < 1.29 is 19.0 Å². The lowest BCUT2D eigenvalue weighted by Crippen LogP contribution is -2.14. The van der Waals surface area contributed by atoms with Gasteiger partial charge in [0.1, 0.15) is 11.6 Å². The molecule has 4 heteroatoms. The van der Waals surface area contributed by atoms with Crippen molar-refractivity contribution in [1.29, 1.82) is 0 Å². The lowest BCUT2D eigenvalue weighted by molar-refractivity contribution is -0.138. The summed E-state index contributed by atoms with van der Waals surface area (Å²) < 4.78 is 18.5. The molecule has 0 aromatic heterocycles. The molecule has 0 aliphatic carbocycles. The molecule has 1 unspecified atom stereocenters. The lowest BCUT2D eigenvalue weighted by Gasteiger charge is -2.13. The standard InChI is InChI=1S/C18H19FO3/c1-2-11-22-16-9-3-13(4-10-16)12-17(18(20)21)14-5-7-15(19)8-6-14/h3-10,17H,2,11-12H2,1H3,(H,20,21). The molecule has 1 atom stereocenters. The summed E-state index contributed by atoms with van der Waals surface area (Å²) in [5.74, 6) is -1.20. The van der Waals surface area contributed by atoms with Crippen LogP contribution in [0.2, 0.25) is 0 Å². The van der Waals surface area contributed by atoms with Crippen LogP contribution < -0.4 is 4.74 Å². The summed E-state index contributed by atoms with van der Waals surface area (Å²) in [6.07, 6.45) is 1.29. The number of carboxylic acids is 1. The molecule has 3 nitrogen and oxygen atoms in total. The first kappa shape index (κ1) is 16.0. The molecule has 0 amide bonds. The molecule has 0 saturated carbocycles. The van der Waals surface area contributed by atoms with Crippen LogP contribution in [0.4, 0.5) is 4.39 Å². The molecule has 2 rings (SSSR count). The molecule has 0 aliphatic heterocycles. The molecule has 0 saturated heterocycles. The fourth-order valence-corrected chi connectivity index (χ4v) is 2.22. The average molecular weight is 302 g/mol. The van der Waals surface area contributed by atoms with E-state index in [1.165, 1.54) is 24.3 Å². The van der Waals surface area contributed by atoms with E-state index in [1.54, 1.807) is 0 Å². The fraction of sp³-hybridized carbons (Fsp3) is 0.278. The summed E-state index contributed by atoms with van der Waals surface area (Å²) in [5, 5.41) is 9.41. The number of ether oxygens (including phenoxy) is 1. The Morgan fingerprint density at radius 2 is 1.77 bits per heavy atom. The molecule has 116 valence electrons. The minimum atomic E-state index is -0.919. The fourth-order valence-electron chi connectivity index (χ4n) is 2.22. The Balaban J connectivity index is 2.11. The second-order valence-corrected chi connectivity index (χ2v) is 5.14. The van der Waals surface area contributed by atoms with Crippen LogP contribution in [0.25, 0.3) is 0 Å². The molecule has 0 radical (unpaired) electrons. The summed E-state index contributed by atoms with van der Waals surface area (Å²) in [6, 6.07) is 13.0. The molecule has 0 aliphatic rings. The Morgan fingerprint density at radius 3 is 2.32 bits per heavy atom. The monoisotopic (exact) mass is 302 g/mol. The SMILES string of the molecule is CCCOc1ccc(CC(C(=O)O)c2ccc(F)cc2)cc1. The Kier molecular flexibility index (Phi) is 5.53. The number of halogens is 1. The molecular formula is C18H19FO3. The van der Waals surface area contributed by atoms with Gasteiger partial charge < -0.3 is 9.84 Å². The van der Waals surface area contributed by atoms with Crippen molar-refractivity contribution in [2.75, 3.05) is 6.61 Å². The number of hydrogen-bond donors (Lipinski definition) is 1. The molecule has 1 N–H and O–H groups in total. The first-order valence-corrected chi connectivity index (χ1v) is 7.30. The molecule has 22 heavy (non-hydrogen) atoms. The number of carboxylic acid groups (broad SMARTS) is 1. The van der Waals surface area contributed by atoms with Crippen LogP contribution in [0, 0.1) is 5.82 Å². The van der Waals surface area contributed by atoms with Crippen molar-refractivity contribution in [3.05, 3.63) is 65.5 Å². The van der Waals surface area contributed by atoms with Gasteiger partial charge in [0.05, 0.1) is 12.5 Å². The lowest BCUT2D eigenvalue weighted by atomic mass is 9.92. The highest BCUT2D eigenvalue weighted by molar-refractivity contribution is 5.76. The molecule has 2 aromatic carbocycles. The van der Waals surface area contributed by atoms with Crippen LogP contribution in [0.1, 0.15) is 30.4 Å². The van der Waals surface area contributed by atoms with Crippen LogP contribution in [0.5, 0.6) is 5.75 Å². The van der Waals surface area contributed by atoms with Gasteiger partial charge in [0, 0.05) is 0 Å². The average Bonchev–Trinajstić information content (AvgIpc) is 2.52.